The van der Waals surface area contributed by atoms with Gasteiger partial charge >= 0.3 is 6.03 Å². The van der Waals surface area contributed by atoms with Crippen LogP contribution in [0.4, 0.5) is 10.5 Å². The quantitative estimate of drug-likeness (QED) is 0.167. The van der Waals surface area contributed by atoms with Crippen molar-refractivity contribution in [3.8, 4) is 0 Å². The summed E-state index contributed by atoms with van der Waals surface area (Å²) in [5, 5.41) is 26.4. The second-order valence-electron chi connectivity index (χ2n) is 11.3. The molecule has 0 spiro atoms. The molecule has 1 aliphatic rings. The first-order valence-electron chi connectivity index (χ1n) is 15.0. The molecule has 44 heavy (non-hydrogen) atoms. The molecular weight excluding hydrogens is 554 g/mol. The topological polar surface area (TPSA) is 103 Å². The third-order valence-electron chi connectivity index (χ3n) is 8.11. The largest absolute Gasteiger partial charge is 0.392 e. The van der Waals surface area contributed by atoms with Crippen molar-refractivity contribution in [3.63, 3.8) is 0 Å². The van der Waals surface area contributed by atoms with Gasteiger partial charge < -0.3 is 30.3 Å². The zero-order valence-electron chi connectivity index (χ0n) is 25.2. The Morgan fingerprint density at radius 1 is 0.886 bits per heavy atom. The van der Waals surface area contributed by atoms with Crippen LogP contribution in [0.2, 0.25) is 0 Å². The number of likely N-dealkylation sites (N-methyl/N-ethyl adjacent to an activating group) is 1. The van der Waals surface area contributed by atoms with Gasteiger partial charge in [0.25, 0.3) is 0 Å². The first-order valence-corrected chi connectivity index (χ1v) is 15.0. The van der Waals surface area contributed by atoms with E-state index in [9.17, 15) is 15.0 Å². The number of anilines is 1. The highest BCUT2D eigenvalue weighted by atomic mass is 16.7. The van der Waals surface area contributed by atoms with E-state index in [1.807, 2.05) is 123 Å². The number of rotatable bonds is 11. The summed E-state index contributed by atoms with van der Waals surface area (Å²) in [4.78, 5) is 14.7. The molecule has 1 heterocycles. The lowest BCUT2D eigenvalue weighted by Gasteiger charge is -2.39. The van der Waals surface area contributed by atoms with Crippen LogP contribution in [0, 0.1) is 0 Å². The molecule has 8 heteroatoms. The summed E-state index contributed by atoms with van der Waals surface area (Å²) in [7, 11) is 1.99. The fourth-order valence-electron chi connectivity index (χ4n) is 5.41. The molecule has 4 aromatic carbocycles. The number of amides is 2. The van der Waals surface area contributed by atoms with Crippen molar-refractivity contribution in [2.75, 3.05) is 18.9 Å². The van der Waals surface area contributed by atoms with Gasteiger partial charge in [0.15, 0.2) is 6.29 Å². The summed E-state index contributed by atoms with van der Waals surface area (Å²) in [5.74, 6) is 0. The van der Waals surface area contributed by atoms with E-state index in [0.717, 1.165) is 27.8 Å². The van der Waals surface area contributed by atoms with Gasteiger partial charge in [0.1, 0.15) is 0 Å². The number of nitrogens with zero attached hydrogens (tertiary/aromatic N) is 1. The Morgan fingerprint density at radius 3 is 2.30 bits per heavy atom. The second kappa shape index (κ2) is 15.1. The van der Waals surface area contributed by atoms with Gasteiger partial charge in [-0.05, 0) is 48.4 Å². The maximum Gasteiger partial charge on any atom is 0.319 e. The molecule has 0 aliphatic carbocycles. The van der Waals surface area contributed by atoms with Crippen molar-refractivity contribution in [1.82, 2.24) is 10.2 Å². The number of carbonyl (C=O) groups excluding carboxylic acids is 1. The van der Waals surface area contributed by atoms with Crippen molar-refractivity contribution in [1.29, 1.82) is 0 Å². The molecule has 0 aromatic heterocycles. The van der Waals surface area contributed by atoms with Gasteiger partial charge in [-0.25, -0.2) is 4.79 Å². The van der Waals surface area contributed by atoms with Crippen molar-refractivity contribution in [2.45, 2.75) is 57.1 Å². The zero-order chi connectivity index (χ0) is 30.9. The fraction of sp³-hybridized carbons (Fsp3) is 0.306. The molecule has 0 bridgehead atoms. The zero-order valence-corrected chi connectivity index (χ0v) is 25.2. The highest BCUT2D eigenvalue weighted by Crippen LogP contribution is 2.39. The molecule has 4 aromatic rings. The molecule has 0 unspecified atom stereocenters. The molecule has 1 fully saturated rings. The van der Waals surface area contributed by atoms with Gasteiger partial charge in [0, 0.05) is 36.8 Å². The van der Waals surface area contributed by atoms with Gasteiger partial charge in [-0.2, -0.15) is 0 Å². The van der Waals surface area contributed by atoms with Crippen LogP contribution in [-0.4, -0.2) is 46.9 Å². The van der Waals surface area contributed by atoms with Crippen LogP contribution in [0.15, 0.2) is 109 Å². The molecule has 0 radical (unpaired) electrons. The number of aliphatic hydroxyl groups is 2. The third kappa shape index (κ3) is 8.31. The van der Waals surface area contributed by atoms with Gasteiger partial charge in [0.2, 0.25) is 0 Å². The summed E-state index contributed by atoms with van der Waals surface area (Å²) in [6.45, 7) is 2.99. The lowest BCUT2D eigenvalue weighted by atomic mass is 9.98. The Labute approximate surface area is 259 Å². The van der Waals surface area contributed by atoms with Crippen LogP contribution in [0.25, 0.3) is 0 Å². The summed E-state index contributed by atoms with van der Waals surface area (Å²) in [6, 6.07) is 34.2. The van der Waals surface area contributed by atoms with E-state index in [0.29, 0.717) is 25.2 Å². The van der Waals surface area contributed by atoms with Gasteiger partial charge in [0.05, 0.1) is 24.9 Å². The van der Waals surface area contributed by atoms with E-state index >= 15 is 0 Å². The Balaban J connectivity index is 1.30. The Bertz CT molecular complexity index is 1470. The van der Waals surface area contributed by atoms with Gasteiger partial charge in [-0.3, -0.25) is 4.90 Å². The summed E-state index contributed by atoms with van der Waals surface area (Å²) in [5.41, 5.74) is 5.13. The minimum atomic E-state index is -0.673. The first-order chi connectivity index (χ1) is 21.4. The molecule has 1 saturated heterocycles. The van der Waals surface area contributed by atoms with Gasteiger partial charge in [-0.1, -0.05) is 97.1 Å². The SMILES string of the molecule is C[C@H]([C@@H](O)c1ccccc1)N(C)C[C@H]1C[C@@H](c2ccc(CO)cc2)O[C@@H](c2cccc(NC(=O)NCc3ccccc3)c2)O1. The Kier molecular flexibility index (Phi) is 10.8. The van der Waals surface area contributed by atoms with E-state index in [2.05, 4.69) is 15.5 Å². The predicted molar refractivity (Wildman–Crippen MR) is 171 cm³/mol. The van der Waals surface area contributed by atoms with Crippen LogP contribution < -0.4 is 10.6 Å². The maximum atomic E-state index is 12.6. The van der Waals surface area contributed by atoms with Crippen molar-refractivity contribution in [3.05, 3.63) is 137 Å². The van der Waals surface area contributed by atoms with Crippen LogP contribution in [0.5, 0.6) is 0 Å². The number of ether oxygens (including phenoxy) is 2. The highest BCUT2D eigenvalue weighted by molar-refractivity contribution is 5.89. The average molecular weight is 596 g/mol. The number of aliphatic hydroxyl groups excluding tert-OH is 2. The number of nitrogens with one attached hydrogen (secondary N) is 2. The molecule has 1 aliphatic heterocycles. The summed E-state index contributed by atoms with van der Waals surface area (Å²) < 4.78 is 13.0. The molecule has 5 atom stereocenters. The molecule has 0 saturated carbocycles. The molecule has 2 amide bonds. The summed E-state index contributed by atoms with van der Waals surface area (Å²) >= 11 is 0. The van der Waals surface area contributed by atoms with Crippen molar-refractivity contribution < 1.29 is 24.5 Å². The number of benzene rings is 4. The lowest BCUT2D eigenvalue weighted by Crippen LogP contribution is -2.43. The highest BCUT2D eigenvalue weighted by Gasteiger charge is 2.34. The normalized spacial score (nSPS) is 19.7. The van der Waals surface area contributed by atoms with Crippen LogP contribution >= 0.6 is 0 Å². The number of urea groups is 1. The second-order valence-corrected chi connectivity index (χ2v) is 11.3. The first kappa shape index (κ1) is 31.4. The fourth-order valence-corrected chi connectivity index (χ4v) is 5.41. The Hall–Kier alpha value is -4.05. The van der Waals surface area contributed by atoms with E-state index in [1.165, 1.54) is 0 Å². The van der Waals surface area contributed by atoms with Crippen molar-refractivity contribution >= 4 is 11.7 Å². The number of carbonyl (C=O) groups is 1. The van der Waals surface area contributed by atoms with Crippen LogP contribution in [0.3, 0.4) is 0 Å². The standard InChI is InChI=1S/C36H41N3O5/c1-25(34(41)29-12-7-4-8-13-29)39(2)23-32-21-33(28-18-16-27(24-40)17-19-28)44-35(43-32)30-14-9-15-31(20-30)38-36(42)37-22-26-10-5-3-6-11-26/h3-20,25,32-35,40-41H,21-24H2,1-2H3,(H2,37,38,42)/t25-,32-,33+,34-,35+/m1/s1. The van der Waals surface area contributed by atoms with E-state index in [-0.39, 0.29) is 30.9 Å². The number of hydrogen-bond donors (Lipinski definition) is 4. The van der Waals surface area contributed by atoms with Gasteiger partial charge in [-0.15, -0.1) is 0 Å². The molecule has 8 nitrogen and oxygen atoms in total. The van der Waals surface area contributed by atoms with E-state index in [1.54, 1.807) is 0 Å². The molecule has 230 valence electrons. The average Bonchev–Trinajstić information content (AvgIpc) is 3.07. The molecule has 4 N–H and O–H groups in total. The lowest BCUT2D eigenvalue weighted by molar-refractivity contribution is -0.253. The van der Waals surface area contributed by atoms with Crippen LogP contribution in [-0.2, 0) is 22.6 Å². The van der Waals surface area contributed by atoms with Crippen LogP contribution in [0.1, 0.15) is 59.7 Å². The predicted octanol–water partition coefficient (Wildman–Crippen LogP) is 6.10. The van der Waals surface area contributed by atoms with E-state index < -0.39 is 12.4 Å². The minimum absolute atomic E-state index is 0.0225. The molecular formula is C36H41N3O5. The molecule has 5 rings (SSSR count). The Morgan fingerprint density at radius 2 is 1.59 bits per heavy atom. The monoisotopic (exact) mass is 595 g/mol. The smallest absolute Gasteiger partial charge is 0.319 e. The van der Waals surface area contributed by atoms with Crippen molar-refractivity contribution in [2.24, 2.45) is 0 Å². The van der Waals surface area contributed by atoms with E-state index in [4.69, 9.17) is 9.47 Å². The maximum absolute atomic E-state index is 12.6. The third-order valence-corrected chi connectivity index (χ3v) is 8.11. The summed E-state index contributed by atoms with van der Waals surface area (Å²) in [6.07, 6.45) is -1.15. The number of hydrogen-bond acceptors (Lipinski definition) is 6. The minimum Gasteiger partial charge on any atom is -0.392 e.